The molecule has 0 aliphatic carbocycles. The SMILES string of the molecule is CC(C)(C#N)Nc1ccc(-c2cc[nH]c2)nn1. The van der Waals surface area contributed by atoms with Gasteiger partial charge in [-0.25, -0.2) is 0 Å². The van der Waals surface area contributed by atoms with Crippen LogP contribution in [0.15, 0.2) is 30.6 Å². The predicted octanol–water partition coefficient (Wildman–Crippen LogP) is 2.19. The minimum atomic E-state index is -0.649. The van der Waals surface area contributed by atoms with Crippen molar-refractivity contribution >= 4 is 5.82 Å². The molecule has 17 heavy (non-hydrogen) atoms. The zero-order chi connectivity index (χ0) is 12.3. The van der Waals surface area contributed by atoms with E-state index in [9.17, 15) is 0 Å². The first-order valence-corrected chi connectivity index (χ1v) is 5.27. The third-order valence-electron chi connectivity index (χ3n) is 2.28. The Kier molecular flexibility index (Phi) is 2.79. The van der Waals surface area contributed by atoms with E-state index in [0.717, 1.165) is 11.3 Å². The summed E-state index contributed by atoms with van der Waals surface area (Å²) in [6.07, 6.45) is 3.69. The van der Waals surface area contributed by atoms with E-state index < -0.39 is 5.54 Å². The zero-order valence-electron chi connectivity index (χ0n) is 9.73. The van der Waals surface area contributed by atoms with Gasteiger partial charge in [0.1, 0.15) is 11.4 Å². The highest BCUT2D eigenvalue weighted by atomic mass is 15.2. The fourth-order valence-corrected chi connectivity index (χ4v) is 1.38. The molecule has 0 saturated heterocycles. The Morgan fingerprint density at radius 2 is 2.12 bits per heavy atom. The predicted molar refractivity (Wildman–Crippen MR) is 65.1 cm³/mol. The normalized spacial score (nSPS) is 10.9. The van der Waals surface area contributed by atoms with Gasteiger partial charge in [0, 0.05) is 18.0 Å². The summed E-state index contributed by atoms with van der Waals surface area (Å²) in [7, 11) is 0. The van der Waals surface area contributed by atoms with Crippen molar-refractivity contribution in [2.75, 3.05) is 5.32 Å². The van der Waals surface area contributed by atoms with Crippen molar-refractivity contribution in [2.45, 2.75) is 19.4 Å². The van der Waals surface area contributed by atoms with E-state index >= 15 is 0 Å². The summed E-state index contributed by atoms with van der Waals surface area (Å²) in [5.74, 6) is 0.593. The van der Waals surface area contributed by atoms with Crippen LogP contribution < -0.4 is 5.32 Å². The molecular weight excluding hydrogens is 214 g/mol. The quantitative estimate of drug-likeness (QED) is 0.842. The number of aromatic amines is 1. The van der Waals surface area contributed by atoms with Crippen LogP contribution in [0.4, 0.5) is 5.82 Å². The molecule has 5 heteroatoms. The Hall–Kier alpha value is -2.35. The Labute approximate surface area is 99.5 Å². The van der Waals surface area contributed by atoms with Gasteiger partial charge in [-0.15, -0.1) is 10.2 Å². The molecule has 0 aromatic carbocycles. The van der Waals surface area contributed by atoms with Gasteiger partial charge in [-0.05, 0) is 32.0 Å². The van der Waals surface area contributed by atoms with Crippen molar-refractivity contribution in [3.63, 3.8) is 0 Å². The molecule has 0 aliphatic rings. The molecule has 0 bridgehead atoms. The topological polar surface area (TPSA) is 77.4 Å². The van der Waals surface area contributed by atoms with Crippen LogP contribution in [-0.4, -0.2) is 20.7 Å². The maximum atomic E-state index is 8.90. The average Bonchev–Trinajstić information content (AvgIpc) is 2.83. The van der Waals surface area contributed by atoms with Crippen molar-refractivity contribution in [1.82, 2.24) is 15.2 Å². The molecule has 0 unspecified atom stereocenters. The standard InChI is InChI=1S/C12H13N5/c1-12(2,8-13)15-11-4-3-10(16-17-11)9-5-6-14-7-9/h3-7,14H,1-2H3,(H,15,17). The van der Waals surface area contributed by atoms with Crippen molar-refractivity contribution < 1.29 is 0 Å². The summed E-state index contributed by atoms with van der Waals surface area (Å²) in [4.78, 5) is 2.96. The lowest BCUT2D eigenvalue weighted by Gasteiger charge is -2.17. The number of hydrogen-bond acceptors (Lipinski definition) is 4. The van der Waals surface area contributed by atoms with E-state index in [-0.39, 0.29) is 0 Å². The number of nitrogens with one attached hydrogen (secondary N) is 2. The minimum absolute atomic E-state index is 0.593. The molecule has 0 radical (unpaired) electrons. The van der Waals surface area contributed by atoms with Crippen LogP contribution in [0.2, 0.25) is 0 Å². The maximum Gasteiger partial charge on any atom is 0.149 e. The monoisotopic (exact) mass is 227 g/mol. The lowest BCUT2D eigenvalue weighted by atomic mass is 10.1. The molecule has 5 nitrogen and oxygen atoms in total. The van der Waals surface area contributed by atoms with Gasteiger partial charge in [-0.3, -0.25) is 0 Å². The fourth-order valence-electron chi connectivity index (χ4n) is 1.38. The molecule has 0 saturated carbocycles. The second-order valence-electron chi connectivity index (χ2n) is 4.27. The van der Waals surface area contributed by atoms with Gasteiger partial charge in [0.15, 0.2) is 0 Å². The van der Waals surface area contributed by atoms with Gasteiger partial charge >= 0.3 is 0 Å². The lowest BCUT2D eigenvalue weighted by molar-refractivity contribution is 0.719. The summed E-state index contributed by atoms with van der Waals surface area (Å²) in [5.41, 5.74) is 1.14. The Morgan fingerprint density at radius 3 is 2.65 bits per heavy atom. The van der Waals surface area contributed by atoms with Crippen LogP contribution in [0.5, 0.6) is 0 Å². The summed E-state index contributed by atoms with van der Waals surface area (Å²) < 4.78 is 0. The van der Waals surface area contributed by atoms with E-state index in [0.29, 0.717) is 5.82 Å². The molecule has 2 N–H and O–H groups in total. The molecule has 0 fully saturated rings. The van der Waals surface area contributed by atoms with Crippen LogP contribution in [-0.2, 0) is 0 Å². The van der Waals surface area contributed by atoms with Gasteiger partial charge in [0.2, 0.25) is 0 Å². The number of nitrogens with zero attached hydrogens (tertiary/aromatic N) is 3. The third kappa shape index (κ3) is 2.61. The first-order chi connectivity index (χ1) is 8.11. The highest BCUT2D eigenvalue weighted by molar-refractivity contribution is 5.58. The Bertz CT molecular complexity index is 519. The van der Waals surface area contributed by atoms with E-state index in [4.69, 9.17) is 5.26 Å². The summed E-state index contributed by atoms with van der Waals surface area (Å²) >= 11 is 0. The van der Waals surface area contributed by atoms with Gasteiger partial charge in [0.25, 0.3) is 0 Å². The maximum absolute atomic E-state index is 8.90. The number of aromatic nitrogens is 3. The van der Waals surface area contributed by atoms with Crippen LogP contribution in [0, 0.1) is 11.3 Å². The van der Waals surface area contributed by atoms with E-state index in [2.05, 4.69) is 26.6 Å². The molecule has 86 valence electrons. The smallest absolute Gasteiger partial charge is 0.149 e. The van der Waals surface area contributed by atoms with Crippen molar-refractivity contribution in [2.24, 2.45) is 0 Å². The summed E-state index contributed by atoms with van der Waals surface area (Å²) in [6.45, 7) is 3.57. The minimum Gasteiger partial charge on any atom is -0.367 e. The van der Waals surface area contributed by atoms with Gasteiger partial charge in [-0.2, -0.15) is 5.26 Å². The largest absolute Gasteiger partial charge is 0.367 e. The molecule has 0 spiro atoms. The zero-order valence-corrected chi connectivity index (χ0v) is 9.73. The first-order valence-electron chi connectivity index (χ1n) is 5.27. The first kappa shape index (κ1) is 11.1. The second-order valence-corrected chi connectivity index (χ2v) is 4.27. The number of anilines is 1. The Balaban J connectivity index is 2.17. The summed E-state index contributed by atoms with van der Waals surface area (Å²) in [6, 6.07) is 7.76. The van der Waals surface area contributed by atoms with E-state index in [1.165, 1.54) is 0 Å². The van der Waals surface area contributed by atoms with Crippen LogP contribution >= 0.6 is 0 Å². The molecule has 2 rings (SSSR count). The molecule has 2 heterocycles. The second kappa shape index (κ2) is 4.26. The molecule has 0 aliphatic heterocycles. The fraction of sp³-hybridized carbons (Fsp3) is 0.250. The highest BCUT2D eigenvalue weighted by Gasteiger charge is 2.16. The molecule has 2 aromatic rings. The number of rotatable bonds is 3. The van der Waals surface area contributed by atoms with Gasteiger partial charge < -0.3 is 10.3 Å². The van der Waals surface area contributed by atoms with Gasteiger partial charge in [0.05, 0.1) is 11.8 Å². The Morgan fingerprint density at radius 1 is 1.29 bits per heavy atom. The number of nitriles is 1. The van der Waals surface area contributed by atoms with Crippen LogP contribution in [0.1, 0.15) is 13.8 Å². The third-order valence-corrected chi connectivity index (χ3v) is 2.28. The number of hydrogen-bond donors (Lipinski definition) is 2. The summed E-state index contributed by atoms with van der Waals surface area (Å²) in [5, 5.41) is 20.0. The van der Waals surface area contributed by atoms with E-state index in [1.807, 2.05) is 30.6 Å². The average molecular weight is 227 g/mol. The van der Waals surface area contributed by atoms with Crippen molar-refractivity contribution in [3.8, 4) is 17.3 Å². The molecule has 0 amide bonds. The lowest BCUT2D eigenvalue weighted by Crippen LogP contribution is -2.29. The van der Waals surface area contributed by atoms with Crippen molar-refractivity contribution in [3.05, 3.63) is 30.6 Å². The van der Waals surface area contributed by atoms with Crippen LogP contribution in [0.25, 0.3) is 11.3 Å². The molecule has 0 atom stereocenters. The molecule has 2 aromatic heterocycles. The van der Waals surface area contributed by atoms with E-state index in [1.54, 1.807) is 13.8 Å². The van der Waals surface area contributed by atoms with Crippen molar-refractivity contribution in [1.29, 1.82) is 5.26 Å². The molecular formula is C12H13N5. The number of H-pyrrole nitrogens is 1. The van der Waals surface area contributed by atoms with Crippen LogP contribution in [0.3, 0.4) is 0 Å². The highest BCUT2D eigenvalue weighted by Crippen LogP contribution is 2.17. The van der Waals surface area contributed by atoms with Gasteiger partial charge in [-0.1, -0.05) is 0 Å².